The third kappa shape index (κ3) is 6.63. The number of furan rings is 1. The number of rotatable bonds is 10. The van der Waals surface area contributed by atoms with Crippen molar-refractivity contribution in [1.82, 2.24) is 10.2 Å². The lowest BCUT2D eigenvalue weighted by Gasteiger charge is -2.09. The Bertz CT molecular complexity index is 647. The minimum Gasteiger partial charge on any atom is -0.486 e. The van der Waals surface area contributed by atoms with Crippen molar-refractivity contribution in [2.45, 2.75) is 32.8 Å². The largest absolute Gasteiger partial charge is 0.486 e. The van der Waals surface area contributed by atoms with Gasteiger partial charge in [-0.3, -0.25) is 4.79 Å². The van der Waals surface area contributed by atoms with Crippen molar-refractivity contribution in [2.24, 2.45) is 0 Å². The second-order valence-corrected chi connectivity index (χ2v) is 6.36. The molecule has 0 aliphatic rings. The molecule has 0 saturated heterocycles. The first-order valence-corrected chi connectivity index (χ1v) is 8.82. The number of nitrogens with one attached hydrogen (secondary N) is 1. The first-order valence-electron chi connectivity index (χ1n) is 8.82. The summed E-state index contributed by atoms with van der Waals surface area (Å²) in [6, 6.07) is 11.5. The van der Waals surface area contributed by atoms with Gasteiger partial charge >= 0.3 is 0 Å². The predicted molar refractivity (Wildman–Crippen MR) is 99.0 cm³/mol. The molecule has 1 aromatic heterocycles. The number of hydrogen-bond donors (Lipinski definition) is 1. The topological polar surface area (TPSA) is 54.7 Å². The van der Waals surface area contributed by atoms with Crippen molar-refractivity contribution in [3.8, 4) is 5.75 Å². The van der Waals surface area contributed by atoms with Crippen LogP contribution < -0.4 is 10.1 Å². The van der Waals surface area contributed by atoms with Crippen LogP contribution in [0.3, 0.4) is 0 Å². The van der Waals surface area contributed by atoms with Crippen LogP contribution in [-0.4, -0.2) is 38.0 Å². The molecule has 0 bridgehead atoms. The lowest BCUT2D eigenvalue weighted by atomic mass is 10.1. The van der Waals surface area contributed by atoms with Crippen molar-refractivity contribution >= 4 is 5.91 Å². The van der Waals surface area contributed by atoms with Crippen LogP contribution in [0.15, 0.2) is 40.8 Å². The fourth-order valence-corrected chi connectivity index (χ4v) is 2.46. The smallest absolute Gasteiger partial charge is 0.286 e. The summed E-state index contributed by atoms with van der Waals surface area (Å²) in [5.74, 6) is 1.57. The summed E-state index contributed by atoms with van der Waals surface area (Å²) < 4.78 is 11.3. The summed E-state index contributed by atoms with van der Waals surface area (Å²) in [5.41, 5.74) is 1.31. The molecule has 1 amide bonds. The van der Waals surface area contributed by atoms with Crippen LogP contribution in [0.5, 0.6) is 5.75 Å². The molecule has 2 rings (SSSR count). The first-order chi connectivity index (χ1) is 12.1. The third-order valence-corrected chi connectivity index (χ3v) is 3.80. The Morgan fingerprint density at radius 1 is 1.16 bits per heavy atom. The van der Waals surface area contributed by atoms with E-state index in [4.69, 9.17) is 9.15 Å². The Kier molecular flexibility index (Phi) is 7.54. The molecular weight excluding hydrogens is 316 g/mol. The fourth-order valence-electron chi connectivity index (χ4n) is 2.46. The molecule has 0 unspecified atom stereocenters. The monoisotopic (exact) mass is 344 g/mol. The van der Waals surface area contributed by atoms with Gasteiger partial charge in [0.25, 0.3) is 5.91 Å². The third-order valence-electron chi connectivity index (χ3n) is 3.80. The second-order valence-electron chi connectivity index (χ2n) is 6.36. The van der Waals surface area contributed by atoms with Crippen molar-refractivity contribution in [3.63, 3.8) is 0 Å². The second kappa shape index (κ2) is 9.89. The number of carbonyl (C=O) groups excluding carboxylic acids is 1. The van der Waals surface area contributed by atoms with Gasteiger partial charge in [-0.15, -0.1) is 0 Å². The molecule has 2 aromatic rings. The molecule has 0 radical (unpaired) electrons. The molecule has 0 fully saturated rings. The Morgan fingerprint density at radius 2 is 1.92 bits per heavy atom. The molecule has 0 aliphatic heterocycles. The van der Waals surface area contributed by atoms with E-state index in [0.717, 1.165) is 31.6 Å². The summed E-state index contributed by atoms with van der Waals surface area (Å²) in [4.78, 5) is 14.1. The summed E-state index contributed by atoms with van der Waals surface area (Å²) in [7, 11) is 4.02. The molecule has 1 N–H and O–H groups in total. The number of hydrogen-bond acceptors (Lipinski definition) is 4. The van der Waals surface area contributed by atoms with E-state index in [0.29, 0.717) is 24.7 Å². The maximum atomic E-state index is 12.0. The van der Waals surface area contributed by atoms with Crippen molar-refractivity contribution in [3.05, 3.63) is 53.5 Å². The summed E-state index contributed by atoms with van der Waals surface area (Å²) in [6.07, 6.45) is 3.11. The van der Waals surface area contributed by atoms with Gasteiger partial charge in [0.15, 0.2) is 5.76 Å². The van der Waals surface area contributed by atoms with E-state index in [9.17, 15) is 4.79 Å². The van der Waals surface area contributed by atoms with Crippen molar-refractivity contribution in [1.29, 1.82) is 0 Å². The molecule has 1 aromatic carbocycles. The predicted octanol–water partition coefficient (Wildman–Crippen LogP) is 3.49. The number of ether oxygens (including phenoxy) is 1. The zero-order chi connectivity index (χ0) is 18.1. The van der Waals surface area contributed by atoms with Crippen LogP contribution in [0.1, 0.15) is 41.6 Å². The molecule has 0 atom stereocenters. The molecule has 1 heterocycles. The van der Waals surface area contributed by atoms with Crippen LogP contribution in [0.4, 0.5) is 0 Å². The van der Waals surface area contributed by atoms with E-state index in [2.05, 4.69) is 29.3 Å². The minimum atomic E-state index is -0.186. The molecule has 0 saturated carbocycles. The molecule has 0 spiro atoms. The summed E-state index contributed by atoms with van der Waals surface area (Å²) in [5, 5.41) is 2.86. The minimum absolute atomic E-state index is 0.186. The maximum absolute atomic E-state index is 12.0. The zero-order valence-electron chi connectivity index (χ0n) is 15.4. The van der Waals surface area contributed by atoms with Gasteiger partial charge in [-0.25, -0.2) is 0 Å². The lowest BCUT2D eigenvalue weighted by molar-refractivity contribution is 0.0920. The maximum Gasteiger partial charge on any atom is 0.286 e. The average Bonchev–Trinajstić information content (AvgIpc) is 3.07. The molecule has 25 heavy (non-hydrogen) atoms. The Hall–Kier alpha value is -2.27. The number of nitrogens with zero attached hydrogens (tertiary/aromatic N) is 1. The fraction of sp³-hybridized carbons (Fsp3) is 0.450. The van der Waals surface area contributed by atoms with Crippen LogP contribution in [0.2, 0.25) is 0 Å². The number of aryl methyl sites for hydroxylation is 1. The van der Waals surface area contributed by atoms with E-state index >= 15 is 0 Å². The normalized spacial score (nSPS) is 10.9. The molecule has 5 nitrogen and oxygen atoms in total. The van der Waals surface area contributed by atoms with Crippen LogP contribution in [-0.2, 0) is 13.0 Å². The number of amides is 1. The Labute approximate surface area is 150 Å². The zero-order valence-corrected chi connectivity index (χ0v) is 15.4. The lowest BCUT2D eigenvalue weighted by Crippen LogP contribution is -2.26. The van der Waals surface area contributed by atoms with Crippen LogP contribution in [0, 0.1) is 0 Å². The molecule has 0 aliphatic carbocycles. The highest BCUT2D eigenvalue weighted by atomic mass is 16.5. The standard InChI is InChI=1S/C20H28N2O3/c1-4-6-16-7-9-17(10-8-16)24-15-18-11-12-19(25-18)20(23)21-13-5-14-22(2)3/h7-12H,4-6,13-15H2,1-3H3,(H,21,23). The quantitative estimate of drug-likeness (QED) is 0.670. The van der Waals surface area contributed by atoms with Crippen LogP contribution in [0.25, 0.3) is 0 Å². The summed E-state index contributed by atoms with van der Waals surface area (Å²) in [6.45, 7) is 4.04. The Balaban J connectivity index is 1.77. The van der Waals surface area contributed by atoms with E-state index in [-0.39, 0.29) is 5.91 Å². The highest BCUT2D eigenvalue weighted by Gasteiger charge is 2.11. The van der Waals surface area contributed by atoms with E-state index in [1.807, 2.05) is 26.2 Å². The average molecular weight is 344 g/mol. The van der Waals surface area contributed by atoms with Gasteiger partial charge in [0, 0.05) is 6.54 Å². The van der Waals surface area contributed by atoms with E-state index in [1.165, 1.54) is 5.56 Å². The van der Waals surface area contributed by atoms with Gasteiger partial charge in [0.2, 0.25) is 0 Å². The number of carbonyl (C=O) groups is 1. The van der Waals surface area contributed by atoms with Crippen LogP contribution >= 0.6 is 0 Å². The number of benzene rings is 1. The van der Waals surface area contributed by atoms with Crippen molar-refractivity contribution in [2.75, 3.05) is 27.2 Å². The molecule has 136 valence electrons. The van der Waals surface area contributed by atoms with Gasteiger partial charge in [-0.2, -0.15) is 0 Å². The molecule has 5 heteroatoms. The van der Waals surface area contributed by atoms with Crippen molar-refractivity contribution < 1.29 is 13.9 Å². The van der Waals surface area contributed by atoms with E-state index < -0.39 is 0 Å². The van der Waals surface area contributed by atoms with Gasteiger partial charge < -0.3 is 19.4 Å². The highest BCUT2D eigenvalue weighted by molar-refractivity contribution is 5.91. The Morgan fingerprint density at radius 3 is 2.60 bits per heavy atom. The SMILES string of the molecule is CCCc1ccc(OCc2ccc(C(=O)NCCCN(C)C)o2)cc1. The molecular formula is C20H28N2O3. The van der Waals surface area contributed by atoms with Gasteiger partial charge in [0.1, 0.15) is 18.1 Å². The first kappa shape index (κ1) is 19.1. The van der Waals surface area contributed by atoms with Gasteiger partial charge in [0.05, 0.1) is 0 Å². The van der Waals surface area contributed by atoms with E-state index in [1.54, 1.807) is 12.1 Å². The van der Waals surface area contributed by atoms with Gasteiger partial charge in [-0.1, -0.05) is 25.5 Å². The summed E-state index contributed by atoms with van der Waals surface area (Å²) >= 11 is 0. The highest BCUT2D eigenvalue weighted by Crippen LogP contribution is 2.16. The van der Waals surface area contributed by atoms with Gasteiger partial charge in [-0.05, 0) is 63.3 Å².